The monoisotopic (exact) mass is 623 g/mol. The first kappa shape index (κ1) is 25.4. The molecule has 3 aromatic rings. The van der Waals surface area contributed by atoms with Crippen molar-refractivity contribution in [3.63, 3.8) is 0 Å². The first-order valence-electron chi connectivity index (χ1n) is 10.3. The Kier molecular flexibility index (Phi) is 8.25. The summed E-state index contributed by atoms with van der Waals surface area (Å²) in [6.45, 7) is 0.332. The topological polar surface area (TPSA) is 55.8 Å². The number of amides is 2. The van der Waals surface area contributed by atoms with Gasteiger partial charge in [-0.1, -0.05) is 12.1 Å². The van der Waals surface area contributed by atoms with Crippen molar-refractivity contribution in [1.82, 2.24) is 4.90 Å². The van der Waals surface area contributed by atoms with Gasteiger partial charge in [-0.2, -0.15) is 0 Å². The SMILES string of the molecule is O=C1S/C(=C\c2cc(Br)c(OCc3cccc(F)c3)c(Br)c2)C(=O)N1CCOc1ccc(F)cc1. The summed E-state index contributed by atoms with van der Waals surface area (Å²) in [6, 6.07) is 15.2. The molecule has 1 fully saturated rings. The molecule has 0 aliphatic carbocycles. The molecule has 0 saturated carbocycles. The molecule has 180 valence electrons. The summed E-state index contributed by atoms with van der Waals surface area (Å²) in [5.74, 6) is -0.157. The lowest BCUT2D eigenvalue weighted by Crippen LogP contribution is -2.32. The van der Waals surface area contributed by atoms with E-state index in [0.717, 1.165) is 16.7 Å². The molecule has 3 aromatic carbocycles. The number of ether oxygens (including phenoxy) is 2. The van der Waals surface area contributed by atoms with Crippen LogP contribution in [0.1, 0.15) is 11.1 Å². The number of benzene rings is 3. The van der Waals surface area contributed by atoms with Crippen LogP contribution in [0.25, 0.3) is 6.08 Å². The molecule has 0 atom stereocenters. The molecule has 0 aromatic heterocycles. The van der Waals surface area contributed by atoms with Gasteiger partial charge in [0, 0.05) is 0 Å². The number of hydrogen-bond donors (Lipinski definition) is 0. The van der Waals surface area contributed by atoms with E-state index in [2.05, 4.69) is 31.9 Å². The molecule has 4 rings (SSSR count). The number of rotatable bonds is 8. The zero-order chi connectivity index (χ0) is 24.9. The maximum atomic E-state index is 13.4. The van der Waals surface area contributed by atoms with Crippen molar-refractivity contribution in [1.29, 1.82) is 0 Å². The van der Waals surface area contributed by atoms with Crippen LogP contribution in [0, 0.1) is 11.6 Å². The Morgan fingerprint density at radius 2 is 1.63 bits per heavy atom. The van der Waals surface area contributed by atoms with E-state index in [9.17, 15) is 18.4 Å². The number of carbonyl (C=O) groups is 2. The van der Waals surface area contributed by atoms with Crippen LogP contribution in [0.5, 0.6) is 11.5 Å². The minimum atomic E-state index is -0.415. The molecule has 35 heavy (non-hydrogen) atoms. The average Bonchev–Trinajstić information content (AvgIpc) is 3.07. The summed E-state index contributed by atoms with van der Waals surface area (Å²) < 4.78 is 38.9. The second kappa shape index (κ2) is 11.4. The summed E-state index contributed by atoms with van der Waals surface area (Å²) in [7, 11) is 0. The number of imide groups is 1. The van der Waals surface area contributed by atoms with Crippen molar-refractivity contribution in [3.8, 4) is 11.5 Å². The molecule has 1 heterocycles. The fraction of sp³-hybridized carbons (Fsp3) is 0.120. The van der Waals surface area contributed by atoms with Crippen molar-refractivity contribution in [2.45, 2.75) is 6.61 Å². The fourth-order valence-corrected chi connectivity index (χ4v) is 5.53. The summed E-state index contributed by atoms with van der Waals surface area (Å²) in [6.07, 6.45) is 1.62. The summed E-state index contributed by atoms with van der Waals surface area (Å²) >= 11 is 7.78. The normalized spacial score (nSPS) is 14.6. The Morgan fingerprint density at radius 3 is 2.31 bits per heavy atom. The fourth-order valence-electron chi connectivity index (χ4n) is 3.21. The zero-order valence-electron chi connectivity index (χ0n) is 18.0. The lowest BCUT2D eigenvalue weighted by molar-refractivity contribution is -0.123. The van der Waals surface area contributed by atoms with Crippen LogP contribution in [0.2, 0.25) is 0 Å². The number of nitrogens with zero attached hydrogens (tertiary/aromatic N) is 1. The molecular weight excluding hydrogens is 608 g/mol. The van der Waals surface area contributed by atoms with E-state index >= 15 is 0 Å². The van der Waals surface area contributed by atoms with Gasteiger partial charge >= 0.3 is 0 Å². The molecule has 0 N–H and O–H groups in total. The van der Waals surface area contributed by atoms with Gasteiger partial charge in [-0.05, 0) is 109 Å². The third-order valence-corrected chi connectivity index (χ3v) is 6.95. The highest BCUT2D eigenvalue weighted by atomic mass is 79.9. The van der Waals surface area contributed by atoms with Gasteiger partial charge in [0.2, 0.25) is 0 Å². The highest BCUT2D eigenvalue weighted by Gasteiger charge is 2.34. The van der Waals surface area contributed by atoms with E-state index in [1.165, 1.54) is 36.4 Å². The third kappa shape index (κ3) is 6.50. The summed E-state index contributed by atoms with van der Waals surface area (Å²) in [5.41, 5.74) is 1.36. The minimum absolute atomic E-state index is 0.0691. The maximum Gasteiger partial charge on any atom is 0.293 e. The number of halogens is 4. The van der Waals surface area contributed by atoms with Crippen LogP contribution >= 0.6 is 43.6 Å². The lowest BCUT2D eigenvalue weighted by atomic mass is 10.2. The molecule has 0 spiro atoms. The smallest absolute Gasteiger partial charge is 0.293 e. The van der Waals surface area contributed by atoms with Gasteiger partial charge in [0.1, 0.15) is 36.3 Å². The van der Waals surface area contributed by atoms with Crippen molar-refractivity contribution in [2.24, 2.45) is 0 Å². The Hall–Kier alpha value is -2.69. The van der Waals surface area contributed by atoms with E-state index in [1.807, 2.05) is 0 Å². The van der Waals surface area contributed by atoms with E-state index in [4.69, 9.17) is 9.47 Å². The molecule has 1 aliphatic rings. The van der Waals surface area contributed by atoms with Crippen LogP contribution < -0.4 is 9.47 Å². The van der Waals surface area contributed by atoms with Gasteiger partial charge < -0.3 is 9.47 Å². The zero-order valence-corrected chi connectivity index (χ0v) is 22.0. The van der Waals surface area contributed by atoms with Gasteiger partial charge in [0.25, 0.3) is 11.1 Å². The van der Waals surface area contributed by atoms with Crippen LogP contribution in [0.3, 0.4) is 0 Å². The second-order valence-corrected chi connectivity index (χ2v) is 10.1. The summed E-state index contributed by atoms with van der Waals surface area (Å²) in [5, 5.41) is -0.392. The first-order chi connectivity index (χ1) is 16.8. The van der Waals surface area contributed by atoms with Gasteiger partial charge in [0.15, 0.2) is 0 Å². The van der Waals surface area contributed by atoms with E-state index in [0.29, 0.717) is 31.6 Å². The lowest BCUT2D eigenvalue weighted by Gasteiger charge is -2.13. The Balaban J connectivity index is 1.40. The third-order valence-electron chi connectivity index (χ3n) is 4.86. The second-order valence-electron chi connectivity index (χ2n) is 7.37. The highest BCUT2D eigenvalue weighted by Crippen LogP contribution is 2.38. The number of hydrogen-bond acceptors (Lipinski definition) is 5. The molecule has 0 bridgehead atoms. The average molecular weight is 625 g/mol. The Morgan fingerprint density at radius 1 is 0.914 bits per heavy atom. The predicted molar refractivity (Wildman–Crippen MR) is 137 cm³/mol. The number of carbonyl (C=O) groups excluding carboxylic acids is 2. The molecule has 1 aliphatic heterocycles. The van der Waals surface area contributed by atoms with Gasteiger partial charge in [0.05, 0.1) is 20.4 Å². The molecule has 0 unspecified atom stereocenters. The molecule has 0 radical (unpaired) electrons. The number of thioether (sulfide) groups is 1. The molecule has 10 heteroatoms. The van der Waals surface area contributed by atoms with E-state index in [-0.39, 0.29) is 36.3 Å². The van der Waals surface area contributed by atoms with Gasteiger partial charge in [-0.15, -0.1) is 0 Å². The van der Waals surface area contributed by atoms with E-state index in [1.54, 1.807) is 30.3 Å². The highest BCUT2D eigenvalue weighted by molar-refractivity contribution is 9.11. The maximum absolute atomic E-state index is 13.4. The van der Waals surface area contributed by atoms with Crippen molar-refractivity contribution in [3.05, 3.63) is 97.3 Å². The van der Waals surface area contributed by atoms with E-state index < -0.39 is 11.1 Å². The van der Waals surface area contributed by atoms with Crippen molar-refractivity contribution < 1.29 is 27.8 Å². The van der Waals surface area contributed by atoms with Crippen molar-refractivity contribution >= 4 is 60.8 Å². The Bertz CT molecular complexity index is 1280. The standard InChI is InChI=1S/C25H17Br2F2NO4S/c26-20-11-16(12-21(27)23(20)34-14-15-2-1-3-18(29)10-15)13-22-24(31)30(25(32)35-22)8-9-33-19-6-4-17(28)5-7-19/h1-7,10-13H,8-9,14H2/b22-13-. The van der Waals surface area contributed by atoms with Crippen LogP contribution in [-0.4, -0.2) is 29.2 Å². The predicted octanol–water partition coefficient (Wildman–Crippen LogP) is 7.18. The molecule has 2 amide bonds. The van der Waals surface area contributed by atoms with Crippen LogP contribution in [0.4, 0.5) is 13.6 Å². The molecule has 5 nitrogen and oxygen atoms in total. The molecule has 1 saturated heterocycles. The minimum Gasteiger partial charge on any atom is -0.492 e. The summed E-state index contributed by atoms with van der Waals surface area (Å²) in [4.78, 5) is 26.5. The van der Waals surface area contributed by atoms with Crippen LogP contribution in [0.15, 0.2) is 74.5 Å². The largest absolute Gasteiger partial charge is 0.492 e. The van der Waals surface area contributed by atoms with Crippen LogP contribution in [-0.2, 0) is 11.4 Å². The Labute approximate surface area is 221 Å². The van der Waals surface area contributed by atoms with Gasteiger partial charge in [-0.25, -0.2) is 8.78 Å². The quantitative estimate of drug-likeness (QED) is 0.249. The van der Waals surface area contributed by atoms with Crippen molar-refractivity contribution in [2.75, 3.05) is 13.2 Å². The first-order valence-corrected chi connectivity index (χ1v) is 12.7. The van der Waals surface area contributed by atoms with Gasteiger partial charge in [-0.3, -0.25) is 14.5 Å². The molecular formula is C25H17Br2F2NO4S.